The van der Waals surface area contributed by atoms with E-state index in [2.05, 4.69) is 10.6 Å². The fourth-order valence-electron chi connectivity index (χ4n) is 2.01. The Balaban J connectivity index is 2.19. The zero-order valence-corrected chi connectivity index (χ0v) is 13.4. The molecule has 4 nitrogen and oxygen atoms in total. The maximum atomic E-state index is 13.6. The van der Waals surface area contributed by atoms with Gasteiger partial charge in [-0.05, 0) is 43.7 Å². The average Bonchev–Trinajstić information content (AvgIpc) is 2.58. The molecule has 0 spiro atoms. The zero-order chi connectivity index (χ0) is 17.7. The summed E-state index contributed by atoms with van der Waals surface area (Å²) in [4.78, 5) is 24.3. The molecule has 0 aromatic heterocycles. The van der Waals surface area contributed by atoms with Crippen molar-refractivity contribution in [1.82, 2.24) is 5.32 Å². The van der Waals surface area contributed by atoms with E-state index in [1.165, 1.54) is 24.3 Å². The number of anilines is 1. The van der Waals surface area contributed by atoms with E-state index in [9.17, 15) is 18.4 Å². The van der Waals surface area contributed by atoms with Gasteiger partial charge in [0.15, 0.2) is 0 Å². The summed E-state index contributed by atoms with van der Waals surface area (Å²) in [6, 6.07) is 9.27. The van der Waals surface area contributed by atoms with Crippen molar-refractivity contribution in [3.63, 3.8) is 0 Å². The van der Waals surface area contributed by atoms with Crippen LogP contribution in [0.1, 0.15) is 41.0 Å². The zero-order valence-electron chi connectivity index (χ0n) is 13.4. The first kappa shape index (κ1) is 17.6. The summed E-state index contributed by atoms with van der Waals surface area (Å²) in [6.45, 7) is 3.81. The molecule has 2 aromatic rings. The number of carbonyl (C=O) groups is 2. The molecule has 2 aromatic carbocycles. The summed E-state index contributed by atoms with van der Waals surface area (Å²) in [5, 5.41) is 4.98. The standard InChI is InChI=1S/C18H18F2N2O2/c1-3-11(2)21-17(23)12-6-4-7-13(10-12)18(24)22-16-14(19)8-5-9-15(16)20/h4-11H,3H2,1-2H3,(H,21,23)(H,22,24). The number of hydrogen-bond donors (Lipinski definition) is 2. The molecule has 0 aliphatic carbocycles. The Bertz CT molecular complexity index is 742. The van der Waals surface area contributed by atoms with Crippen molar-refractivity contribution in [3.8, 4) is 0 Å². The maximum absolute atomic E-state index is 13.6. The second-order valence-electron chi connectivity index (χ2n) is 5.41. The van der Waals surface area contributed by atoms with Gasteiger partial charge in [0.2, 0.25) is 0 Å². The number of rotatable bonds is 5. The van der Waals surface area contributed by atoms with Gasteiger partial charge in [-0.3, -0.25) is 9.59 Å². The van der Waals surface area contributed by atoms with Crippen LogP contribution < -0.4 is 10.6 Å². The van der Waals surface area contributed by atoms with Gasteiger partial charge >= 0.3 is 0 Å². The van der Waals surface area contributed by atoms with Crippen molar-refractivity contribution < 1.29 is 18.4 Å². The van der Waals surface area contributed by atoms with Crippen LogP contribution in [0.3, 0.4) is 0 Å². The lowest BCUT2D eigenvalue weighted by Crippen LogP contribution is -2.32. The summed E-state index contributed by atoms with van der Waals surface area (Å²) in [5.74, 6) is -2.74. The fraction of sp³-hybridized carbons (Fsp3) is 0.222. The molecule has 24 heavy (non-hydrogen) atoms. The number of amides is 2. The molecule has 2 amide bonds. The van der Waals surface area contributed by atoms with Crippen LogP contribution in [0.2, 0.25) is 0 Å². The SMILES string of the molecule is CCC(C)NC(=O)c1cccc(C(=O)Nc2c(F)cccc2F)c1. The minimum absolute atomic E-state index is 0.00231. The molecule has 0 aliphatic heterocycles. The van der Waals surface area contributed by atoms with Crippen LogP contribution in [-0.4, -0.2) is 17.9 Å². The molecule has 2 N–H and O–H groups in total. The molecule has 0 radical (unpaired) electrons. The monoisotopic (exact) mass is 332 g/mol. The lowest BCUT2D eigenvalue weighted by Gasteiger charge is -2.12. The van der Waals surface area contributed by atoms with Crippen molar-refractivity contribution >= 4 is 17.5 Å². The van der Waals surface area contributed by atoms with Gasteiger partial charge in [-0.2, -0.15) is 0 Å². The Hall–Kier alpha value is -2.76. The van der Waals surface area contributed by atoms with Gasteiger partial charge < -0.3 is 10.6 Å². The minimum Gasteiger partial charge on any atom is -0.350 e. The van der Waals surface area contributed by atoms with E-state index in [0.717, 1.165) is 18.6 Å². The largest absolute Gasteiger partial charge is 0.350 e. The fourth-order valence-corrected chi connectivity index (χ4v) is 2.01. The van der Waals surface area contributed by atoms with Crippen molar-refractivity contribution in [2.45, 2.75) is 26.3 Å². The molecule has 126 valence electrons. The van der Waals surface area contributed by atoms with Gasteiger partial charge in [-0.1, -0.05) is 19.1 Å². The summed E-state index contributed by atoms with van der Waals surface area (Å²) >= 11 is 0. The first-order chi connectivity index (χ1) is 11.4. The number of para-hydroxylation sites is 1. The number of benzene rings is 2. The smallest absolute Gasteiger partial charge is 0.255 e. The summed E-state index contributed by atoms with van der Waals surface area (Å²) in [6.07, 6.45) is 0.776. The van der Waals surface area contributed by atoms with E-state index in [4.69, 9.17) is 0 Å². The molecular weight excluding hydrogens is 314 g/mol. The number of hydrogen-bond acceptors (Lipinski definition) is 2. The Morgan fingerprint density at radius 2 is 1.54 bits per heavy atom. The molecule has 2 rings (SSSR count). The molecule has 1 atom stereocenters. The van der Waals surface area contributed by atoms with Gasteiger partial charge in [-0.15, -0.1) is 0 Å². The number of carbonyl (C=O) groups excluding carboxylic acids is 2. The normalized spacial score (nSPS) is 11.7. The molecule has 6 heteroatoms. The second kappa shape index (κ2) is 7.68. The van der Waals surface area contributed by atoms with E-state index in [-0.39, 0.29) is 17.5 Å². The topological polar surface area (TPSA) is 58.2 Å². The third kappa shape index (κ3) is 4.16. The highest BCUT2D eigenvalue weighted by atomic mass is 19.1. The molecule has 0 bridgehead atoms. The highest BCUT2D eigenvalue weighted by molar-refractivity contribution is 6.06. The van der Waals surface area contributed by atoms with E-state index < -0.39 is 23.2 Å². The quantitative estimate of drug-likeness (QED) is 0.876. The van der Waals surface area contributed by atoms with Crippen LogP contribution in [0.4, 0.5) is 14.5 Å². The minimum atomic E-state index is -0.867. The average molecular weight is 332 g/mol. The molecule has 0 saturated heterocycles. The Morgan fingerprint density at radius 1 is 1.00 bits per heavy atom. The van der Waals surface area contributed by atoms with Gasteiger partial charge in [0.1, 0.15) is 17.3 Å². The van der Waals surface area contributed by atoms with E-state index in [1.807, 2.05) is 13.8 Å². The first-order valence-corrected chi connectivity index (χ1v) is 7.58. The maximum Gasteiger partial charge on any atom is 0.255 e. The van der Waals surface area contributed by atoms with Gasteiger partial charge in [-0.25, -0.2) is 8.78 Å². The Labute approximate surface area is 138 Å². The molecule has 0 aliphatic rings. The predicted octanol–water partition coefficient (Wildman–Crippen LogP) is 3.75. The van der Waals surface area contributed by atoms with Crippen LogP contribution in [0.25, 0.3) is 0 Å². The van der Waals surface area contributed by atoms with Crippen LogP contribution in [0.15, 0.2) is 42.5 Å². The summed E-state index contributed by atoms with van der Waals surface area (Å²) in [5.41, 5.74) is -0.0802. The molecule has 0 fully saturated rings. The summed E-state index contributed by atoms with van der Waals surface area (Å²) in [7, 11) is 0. The molecular formula is C18H18F2N2O2. The van der Waals surface area contributed by atoms with Crippen LogP contribution in [-0.2, 0) is 0 Å². The summed E-state index contributed by atoms with van der Waals surface area (Å²) < 4.78 is 27.2. The first-order valence-electron chi connectivity index (χ1n) is 7.58. The molecule has 0 heterocycles. The molecule has 0 saturated carbocycles. The van der Waals surface area contributed by atoms with Crippen molar-refractivity contribution in [2.24, 2.45) is 0 Å². The van der Waals surface area contributed by atoms with Crippen molar-refractivity contribution in [3.05, 3.63) is 65.2 Å². The van der Waals surface area contributed by atoms with Gasteiger partial charge in [0.25, 0.3) is 11.8 Å². The van der Waals surface area contributed by atoms with Crippen LogP contribution in [0.5, 0.6) is 0 Å². The van der Waals surface area contributed by atoms with E-state index in [0.29, 0.717) is 5.56 Å². The second-order valence-corrected chi connectivity index (χ2v) is 5.41. The number of nitrogens with one attached hydrogen (secondary N) is 2. The Morgan fingerprint density at radius 3 is 2.12 bits per heavy atom. The lowest BCUT2D eigenvalue weighted by molar-refractivity contribution is 0.0939. The number of halogens is 2. The third-order valence-corrected chi connectivity index (χ3v) is 3.58. The molecule has 1 unspecified atom stereocenters. The van der Waals surface area contributed by atoms with Crippen LogP contribution >= 0.6 is 0 Å². The van der Waals surface area contributed by atoms with E-state index in [1.54, 1.807) is 6.07 Å². The van der Waals surface area contributed by atoms with Gasteiger partial charge in [0.05, 0.1) is 0 Å². The lowest BCUT2D eigenvalue weighted by atomic mass is 10.1. The van der Waals surface area contributed by atoms with Gasteiger partial charge in [0, 0.05) is 17.2 Å². The van der Waals surface area contributed by atoms with Crippen molar-refractivity contribution in [2.75, 3.05) is 5.32 Å². The van der Waals surface area contributed by atoms with Crippen molar-refractivity contribution in [1.29, 1.82) is 0 Å². The third-order valence-electron chi connectivity index (χ3n) is 3.58. The van der Waals surface area contributed by atoms with E-state index >= 15 is 0 Å². The predicted molar refractivity (Wildman–Crippen MR) is 88.0 cm³/mol. The van der Waals surface area contributed by atoms with Crippen LogP contribution in [0, 0.1) is 11.6 Å². The highest BCUT2D eigenvalue weighted by Crippen LogP contribution is 2.19. The highest BCUT2D eigenvalue weighted by Gasteiger charge is 2.15. The Kier molecular flexibility index (Phi) is 5.63.